The quantitative estimate of drug-likeness (QED) is 0.738. The number of carbonyl (C=O) groups excluding carboxylic acids is 1. The van der Waals surface area contributed by atoms with Crippen molar-refractivity contribution in [3.05, 3.63) is 33.8 Å². The van der Waals surface area contributed by atoms with Crippen LogP contribution in [0.25, 0.3) is 0 Å². The van der Waals surface area contributed by atoms with Gasteiger partial charge < -0.3 is 4.74 Å². The van der Waals surface area contributed by atoms with Crippen LogP contribution in [0.2, 0.25) is 10.0 Å². The van der Waals surface area contributed by atoms with E-state index in [0.717, 1.165) is 32.1 Å². The first kappa shape index (κ1) is 14.8. The van der Waals surface area contributed by atoms with Gasteiger partial charge in [0.2, 0.25) is 0 Å². The second-order valence-electron chi connectivity index (χ2n) is 4.92. The summed E-state index contributed by atoms with van der Waals surface area (Å²) < 4.78 is 5.83. The van der Waals surface area contributed by atoms with Gasteiger partial charge in [0, 0.05) is 12.2 Å². The summed E-state index contributed by atoms with van der Waals surface area (Å²) in [5.41, 5.74) is -0.231. The zero-order chi connectivity index (χ0) is 13.9. The van der Waals surface area contributed by atoms with Gasteiger partial charge in [-0.1, -0.05) is 48.5 Å². The number of carbonyl (C=O) groups is 1. The molecule has 0 atom stereocenters. The van der Waals surface area contributed by atoms with Crippen molar-refractivity contribution in [3.8, 4) is 0 Å². The van der Waals surface area contributed by atoms with Crippen LogP contribution >= 0.6 is 23.2 Å². The Morgan fingerprint density at radius 1 is 1.26 bits per heavy atom. The van der Waals surface area contributed by atoms with Gasteiger partial charge in [-0.3, -0.25) is 4.79 Å². The molecule has 2 nitrogen and oxygen atoms in total. The summed E-state index contributed by atoms with van der Waals surface area (Å²) in [6.07, 6.45) is 4.73. The molecule has 0 bridgehead atoms. The first-order valence-corrected chi connectivity index (χ1v) is 7.49. The predicted octanol–water partition coefficient (Wildman–Crippen LogP) is 4.92. The molecule has 0 saturated heterocycles. The minimum absolute atomic E-state index is 0.0263. The Morgan fingerprint density at radius 3 is 2.58 bits per heavy atom. The van der Waals surface area contributed by atoms with Gasteiger partial charge in [-0.15, -0.1) is 0 Å². The first-order chi connectivity index (χ1) is 9.10. The molecule has 19 heavy (non-hydrogen) atoms. The van der Waals surface area contributed by atoms with Crippen molar-refractivity contribution in [2.24, 2.45) is 0 Å². The maximum atomic E-state index is 12.8. The van der Waals surface area contributed by atoms with E-state index in [-0.39, 0.29) is 5.78 Å². The van der Waals surface area contributed by atoms with Crippen LogP contribution in [-0.4, -0.2) is 18.0 Å². The normalized spacial score (nSPS) is 18.3. The molecule has 4 heteroatoms. The van der Waals surface area contributed by atoms with E-state index in [4.69, 9.17) is 27.9 Å². The molecule has 0 N–H and O–H groups in total. The average molecular weight is 301 g/mol. The highest BCUT2D eigenvalue weighted by Gasteiger charge is 2.41. The van der Waals surface area contributed by atoms with Crippen molar-refractivity contribution in [2.75, 3.05) is 6.61 Å². The zero-order valence-electron chi connectivity index (χ0n) is 11.0. The molecule has 0 heterocycles. The molecule has 1 saturated carbocycles. The maximum Gasteiger partial charge on any atom is 0.196 e. The lowest BCUT2D eigenvalue weighted by molar-refractivity contribution is -0.0410. The highest BCUT2D eigenvalue weighted by atomic mass is 35.5. The molecule has 0 amide bonds. The maximum absolute atomic E-state index is 12.8. The monoisotopic (exact) mass is 300 g/mol. The summed E-state index contributed by atoms with van der Waals surface area (Å²) in [6.45, 7) is 2.45. The molecular formula is C15H18Cl2O2. The highest BCUT2D eigenvalue weighted by Crippen LogP contribution is 2.37. The fourth-order valence-electron chi connectivity index (χ4n) is 2.76. The van der Waals surface area contributed by atoms with Crippen LogP contribution in [0.5, 0.6) is 0 Å². The summed E-state index contributed by atoms with van der Waals surface area (Å²) in [7, 11) is 0. The largest absolute Gasteiger partial charge is 0.367 e. The number of Topliss-reactive ketones (excluding diaryl/α,β-unsaturated/α-hetero) is 1. The Bertz CT molecular complexity index is 460. The number of halogens is 2. The van der Waals surface area contributed by atoms with Crippen LogP contribution in [-0.2, 0) is 4.74 Å². The van der Waals surface area contributed by atoms with E-state index < -0.39 is 5.60 Å². The van der Waals surface area contributed by atoms with E-state index in [1.54, 1.807) is 18.2 Å². The van der Waals surface area contributed by atoms with E-state index in [0.29, 0.717) is 22.2 Å². The second-order valence-corrected chi connectivity index (χ2v) is 5.70. The fraction of sp³-hybridized carbons (Fsp3) is 0.533. The van der Waals surface area contributed by atoms with Crippen LogP contribution in [0.1, 0.15) is 49.4 Å². The average Bonchev–Trinajstić information content (AvgIpc) is 2.42. The van der Waals surface area contributed by atoms with Gasteiger partial charge >= 0.3 is 0 Å². The standard InChI is InChI=1S/C15H18Cl2O2/c1-2-19-15(9-4-3-5-10-15)14(18)11-7-6-8-12(16)13(11)17/h6-8H,2-5,9-10H2,1H3. The number of hydrogen-bond donors (Lipinski definition) is 0. The van der Waals surface area contributed by atoms with Crippen molar-refractivity contribution in [1.82, 2.24) is 0 Å². The Balaban J connectivity index is 2.36. The molecule has 2 rings (SSSR count). The van der Waals surface area contributed by atoms with E-state index >= 15 is 0 Å². The summed E-state index contributed by atoms with van der Waals surface area (Å²) in [4.78, 5) is 12.8. The summed E-state index contributed by atoms with van der Waals surface area (Å²) in [5.74, 6) is -0.0263. The van der Waals surface area contributed by atoms with E-state index in [9.17, 15) is 4.79 Å². The lowest BCUT2D eigenvalue weighted by atomic mass is 9.79. The van der Waals surface area contributed by atoms with Crippen molar-refractivity contribution < 1.29 is 9.53 Å². The third-order valence-electron chi connectivity index (χ3n) is 3.69. The summed E-state index contributed by atoms with van der Waals surface area (Å²) in [6, 6.07) is 5.17. The van der Waals surface area contributed by atoms with Gasteiger partial charge in [0.25, 0.3) is 0 Å². The molecule has 104 valence electrons. The molecule has 0 radical (unpaired) electrons. The Labute approximate surface area is 124 Å². The van der Waals surface area contributed by atoms with Gasteiger partial charge in [-0.25, -0.2) is 0 Å². The van der Waals surface area contributed by atoms with Gasteiger partial charge in [0.05, 0.1) is 10.0 Å². The molecule has 1 aliphatic rings. The van der Waals surface area contributed by atoms with Crippen molar-refractivity contribution in [2.45, 2.75) is 44.6 Å². The van der Waals surface area contributed by atoms with Gasteiger partial charge in [-0.2, -0.15) is 0 Å². The number of rotatable bonds is 4. The molecule has 0 aromatic heterocycles. The van der Waals surface area contributed by atoms with Gasteiger partial charge in [0.1, 0.15) is 5.60 Å². The zero-order valence-corrected chi connectivity index (χ0v) is 12.6. The van der Waals surface area contributed by atoms with Crippen LogP contribution in [0, 0.1) is 0 Å². The topological polar surface area (TPSA) is 26.3 Å². The van der Waals surface area contributed by atoms with Crippen molar-refractivity contribution >= 4 is 29.0 Å². The molecule has 0 spiro atoms. The lowest BCUT2D eigenvalue weighted by Crippen LogP contribution is -2.43. The second kappa shape index (κ2) is 6.25. The molecule has 1 aliphatic carbocycles. The third kappa shape index (κ3) is 2.96. The lowest BCUT2D eigenvalue weighted by Gasteiger charge is -2.35. The van der Waals surface area contributed by atoms with Crippen LogP contribution in [0.4, 0.5) is 0 Å². The van der Waals surface area contributed by atoms with E-state index in [1.165, 1.54) is 0 Å². The molecule has 1 aromatic carbocycles. The highest BCUT2D eigenvalue weighted by molar-refractivity contribution is 6.44. The SMILES string of the molecule is CCOC1(C(=O)c2cccc(Cl)c2Cl)CCCCC1. The number of ketones is 1. The van der Waals surface area contributed by atoms with Gasteiger partial charge in [-0.05, 0) is 31.9 Å². The molecule has 1 fully saturated rings. The van der Waals surface area contributed by atoms with E-state index in [2.05, 4.69) is 0 Å². The summed E-state index contributed by atoms with van der Waals surface area (Å²) in [5, 5.41) is 0.744. The Hall–Kier alpha value is -0.570. The number of benzene rings is 1. The molecule has 0 aliphatic heterocycles. The number of hydrogen-bond acceptors (Lipinski definition) is 2. The first-order valence-electron chi connectivity index (χ1n) is 6.73. The minimum Gasteiger partial charge on any atom is -0.367 e. The Morgan fingerprint density at radius 2 is 1.95 bits per heavy atom. The molecule has 1 aromatic rings. The van der Waals surface area contributed by atoms with Crippen molar-refractivity contribution in [1.29, 1.82) is 0 Å². The fourth-order valence-corrected chi connectivity index (χ4v) is 3.15. The minimum atomic E-state index is -0.707. The van der Waals surface area contributed by atoms with Crippen LogP contribution < -0.4 is 0 Å². The van der Waals surface area contributed by atoms with Crippen LogP contribution in [0.15, 0.2) is 18.2 Å². The van der Waals surface area contributed by atoms with Crippen molar-refractivity contribution in [3.63, 3.8) is 0 Å². The Kier molecular flexibility index (Phi) is 4.88. The number of ether oxygens (including phenoxy) is 1. The molecule has 0 unspecified atom stereocenters. The third-order valence-corrected chi connectivity index (χ3v) is 4.51. The van der Waals surface area contributed by atoms with Crippen LogP contribution in [0.3, 0.4) is 0 Å². The smallest absolute Gasteiger partial charge is 0.196 e. The molecular weight excluding hydrogens is 283 g/mol. The van der Waals surface area contributed by atoms with E-state index in [1.807, 2.05) is 6.92 Å². The predicted molar refractivity (Wildman–Crippen MR) is 78.2 cm³/mol. The summed E-state index contributed by atoms with van der Waals surface area (Å²) >= 11 is 12.2. The van der Waals surface area contributed by atoms with Gasteiger partial charge in [0.15, 0.2) is 5.78 Å².